The lowest BCUT2D eigenvalue weighted by Crippen LogP contribution is -2.32. The highest BCUT2D eigenvalue weighted by molar-refractivity contribution is 7.92. The van der Waals surface area contributed by atoms with Crippen molar-refractivity contribution in [3.8, 4) is 0 Å². The quantitative estimate of drug-likeness (QED) is 0.696. The molecule has 158 valence electrons. The van der Waals surface area contributed by atoms with Gasteiger partial charge in [-0.15, -0.1) is 0 Å². The topological polar surface area (TPSA) is 66.5 Å². The molecule has 1 atom stereocenters. The summed E-state index contributed by atoms with van der Waals surface area (Å²) in [5, 5.41) is 3.03. The van der Waals surface area contributed by atoms with Gasteiger partial charge in [-0.05, 0) is 75.4 Å². The number of nitrogens with zero attached hydrogens (tertiary/aromatic N) is 1. The smallest absolute Gasteiger partial charge is 0.232 e. The van der Waals surface area contributed by atoms with Crippen molar-refractivity contribution in [3.63, 3.8) is 0 Å². The second kappa shape index (κ2) is 9.44. The van der Waals surface area contributed by atoms with Crippen LogP contribution in [0, 0.1) is 27.7 Å². The number of amides is 1. The van der Waals surface area contributed by atoms with E-state index < -0.39 is 10.0 Å². The average molecular weight is 417 g/mol. The number of hydrogen-bond donors (Lipinski definition) is 1. The van der Waals surface area contributed by atoms with Crippen molar-refractivity contribution in [1.82, 2.24) is 5.32 Å². The Kier molecular flexibility index (Phi) is 7.47. The minimum atomic E-state index is -3.42. The van der Waals surface area contributed by atoms with Gasteiger partial charge in [-0.1, -0.05) is 29.8 Å². The first-order chi connectivity index (χ1) is 13.5. The van der Waals surface area contributed by atoms with Crippen molar-refractivity contribution in [2.45, 2.75) is 53.5 Å². The van der Waals surface area contributed by atoms with Crippen LogP contribution in [0.15, 0.2) is 36.4 Å². The average Bonchev–Trinajstić information content (AvgIpc) is 2.58. The molecular formula is C23H32N2O3S. The second-order valence-corrected chi connectivity index (χ2v) is 9.84. The van der Waals surface area contributed by atoms with Crippen LogP contribution in [-0.4, -0.2) is 27.1 Å². The van der Waals surface area contributed by atoms with E-state index in [-0.39, 0.29) is 24.9 Å². The Labute approximate surface area is 175 Å². The van der Waals surface area contributed by atoms with Crippen LogP contribution in [-0.2, 0) is 14.8 Å². The van der Waals surface area contributed by atoms with E-state index >= 15 is 0 Å². The van der Waals surface area contributed by atoms with Gasteiger partial charge in [0.25, 0.3) is 0 Å². The molecule has 0 fully saturated rings. The van der Waals surface area contributed by atoms with E-state index in [1.165, 1.54) is 10.6 Å². The van der Waals surface area contributed by atoms with Crippen LogP contribution in [0.3, 0.4) is 0 Å². The number of rotatable bonds is 8. The predicted octanol–water partition coefficient (Wildman–Crippen LogP) is 4.34. The van der Waals surface area contributed by atoms with Gasteiger partial charge in [0.2, 0.25) is 15.9 Å². The molecule has 0 aliphatic heterocycles. The Morgan fingerprint density at radius 1 is 1.00 bits per heavy atom. The minimum Gasteiger partial charge on any atom is -0.350 e. The lowest BCUT2D eigenvalue weighted by atomic mass is 10.00. The summed E-state index contributed by atoms with van der Waals surface area (Å²) in [6.45, 7) is 10.2. The molecule has 0 aliphatic carbocycles. The molecule has 0 aliphatic rings. The number of aryl methyl sites for hydroxylation is 4. The van der Waals surface area contributed by atoms with Gasteiger partial charge in [-0.25, -0.2) is 8.42 Å². The van der Waals surface area contributed by atoms with Gasteiger partial charge < -0.3 is 5.32 Å². The third kappa shape index (κ3) is 6.60. The highest BCUT2D eigenvalue weighted by atomic mass is 32.2. The molecule has 1 N–H and O–H groups in total. The van der Waals surface area contributed by atoms with Crippen LogP contribution in [0.5, 0.6) is 0 Å². The van der Waals surface area contributed by atoms with E-state index in [9.17, 15) is 13.2 Å². The van der Waals surface area contributed by atoms with Gasteiger partial charge >= 0.3 is 0 Å². The third-order valence-electron chi connectivity index (χ3n) is 4.94. The van der Waals surface area contributed by atoms with E-state index in [1.807, 2.05) is 52.8 Å². The molecule has 29 heavy (non-hydrogen) atoms. The highest BCUT2D eigenvalue weighted by Crippen LogP contribution is 2.22. The summed E-state index contributed by atoms with van der Waals surface area (Å²) < 4.78 is 26.0. The molecule has 2 rings (SSSR count). The zero-order chi connectivity index (χ0) is 21.8. The van der Waals surface area contributed by atoms with Crippen molar-refractivity contribution >= 4 is 21.6 Å². The normalized spacial score (nSPS) is 12.5. The summed E-state index contributed by atoms with van der Waals surface area (Å²) in [5.74, 6) is -0.0766. The summed E-state index contributed by atoms with van der Waals surface area (Å²) in [5.41, 5.74) is 6.06. The highest BCUT2D eigenvalue weighted by Gasteiger charge is 2.19. The molecule has 5 nitrogen and oxygen atoms in total. The Morgan fingerprint density at radius 2 is 1.62 bits per heavy atom. The number of nitrogens with one attached hydrogen (secondary N) is 1. The van der Waals surface area contributed by atoms with Crippen molar-refractivity contribution in [3.05, 3.63) is 64.2 Å². The molecule has 0 bridgehead atoms. The number of benzene rings is 2. The van der Waals surface area contributed by atoms with Crippen molar-refractivity contribution in [2.75, 3.05) is 17.1 Å². The maximum absolute atomic E-state index is 12.4. The maximum Gasteiger partial charge on any atom is 0.232 e. The lowest BCUT2D eigenvalue weighted by molar-refractivity contribution is -0.121. The number of anilines is 1. The van der Waals surface area contributed by atoms with Gasteiger partial charge in [0.1, 0.15) is 0 Å². The van der Waals surface area contributed by atoms with Crippen LogP contribution >= 0.6 is 0 Å². The van der Waals surface area contributed by atoms with Crippen LogP contribution in [0.1, 0.15) is 53.6 Å². The van der Waals surface area contributed by atoms with Gasteiger partial charge in [-0.2, -0.15) is 0 Å². The van der Waals surface area contributed by atoms with E-state index in [0.717, 1.165) is 27.8 Å². The molecule has 6 heteroatoms. The van der Waals surface area contributed by atoms with Gasteiger partial charge in [0, 0.05) is 13.0 Å². The second-order valence-electron chi connectivity index (χ2n) is 7.93. The van der Waals surface area contributed by atoms with E-state index in [4.69, 9.17) is 0 Å². The summed E-state index contributed by atoms with van der Waals surface area (Å²) in [7, 11) is -3.42. The molecule has 2 aromatic rings. The molecular weight excluding hydrogens is 384 g/mol. The fourth-order valence-electron chi connectivity index (χ4n) is 3.58. The van der Waals surface area contributed by atoms with Crippen LogP contribution in [0.25, 0.3) is 0 Å². The van der Waals surface area contributed by atoms with E-state index in [1.54, 1.807) is 0 Å². The summed E-state index contributed by atoms with van der Waals surface area (Å²) in [6.07, 6.45) is 1.92. The monoisotopic (exact) mass is 416 g/mol. The number of hydrogen-bond acceptors (Lipinski definition) is 3. The van der Waals surface area contributed by atoms with Crippen LogP contribution in [0.2, 0.25) is 0 Å². The molecule has 0 spiro atoms. The Hall–Kier alpha value is -2.34. The molecule has 0 aromatic heterocycles. The number of carbonyl (C=O) groups excluding carboxylic acids is 1. The first-order valence-electron chi connectivity index (χ1n) is 9.90. The first-order valence-corrected chi connectivity index (χ1v) is 11.7. The first kappa shape index (κ1) is 22.9. The fraction of sp³-hybridized carbons (Fsp3) is 0.435. The third-order valence-corrected chi connectivity index (χ3v) is 6.13. The molecule has 0 saturated carbocycles. The zero-order valence-corrected chi connectivity index (χ0v) is 19.1. The zero-order valence-electron chi connectivity index (χ0n) is 18.2. The summed E-state index contributed by atoms with van der Waals surface area (Å²) >= 11 is 0. The summed E-state index contributed by atoms with van der Waals surface area (Å²) in [4.78, 5) is 12.4. The van der Waals surface area contributed by atoms with Gasteiger partial charge in [-0.3, -0.25) is 9.10 Å². The number of sulfonamides is 1. The minimum absolute atomic E-state index is 0.0766. The lowest BCUT2D eigenvalue weighted by Gasteiger charge is -2.23. The molecule has 1 unspecified atom stereocenters. The molecule has 0 heterocycles. The molecule has 0 radical (unpaired) electrons. The Bertz CT molecular complexity index is 963. The van der Waals surface area contributed by atoms with E-state index in [2.05, 4.69) is 23.5 Å². The standard InChI is InChI=1S/C23H32N2O3S/c1-16-9-10-19(4)22(15-16)20(5)24-23(26)8-7-11-25(29(6,27)28)21-13-17(2)12-18(3)14-21/h9-10,12-15,20H,7-8,11H2,1-6H3,(H,24,26). The van der Waals surface area contributed by atoms with Gasteiger partial charge in [0.05, 0.1) is 18.0 Å². The molecule has 0 saturated heterocycles. The molecule has 1 amide bonds. The molecule has 2 aromatic carbocycles. The SMILES string of the molecule is Cc1cc(C)cc(N(CCCC(=O)NC(C)c2cc(C)ccc2C)S(C)(=O)=O)c1. The van der Waals surface area contributed by atoms with E-state index in [0.29, 0.717) is 12.1 Å². The van der Waals surface area contributed by atoms with Crippen LogP contribution < -0.4 is 9.62 Å². The van der Waals surface area contributed by atoms with Crippen molar-refractivity contribution in [1.29, 1.82) is 0 Å². The predicted molar refractivity (Wildman–Crippen MR) is 120 cm³/mol. The fourth-order valence-corrected chi connectivity index (χ4v) is 4.53. The van der Waals surface area contributed by atoms with Crippen LogP contribution in [0.4, 0.5) is 5.69 Å². The summed E-state index contributed by atoms with van der Waals surface area (Å²) in [6, 6.07) is 11.8. The maximum atomic E-state index is 12.4. The van der Waals surface area contributed by atoms with Crippen molar-refractivity contribution < 1.29 is 13.2 Å². The largest absolute Gasteiger partial charge is 0.350 e. The Balaban J connectivity index is 2.00. The van der Waals surface area contributed by atoms with Gasteiger partial charge in [0.15, 0.2) is 0 Å². The Morgan fingerprint density at radius 3 is 2.21 bits per heavy atom. The van der Waals surface area contributed by atoms with Crippen molar-refractivity contribution in [2.24, 2.45) is 0 Å². The number of carbonyl (C=O) groups is 1.